The first-order chi connectivity index (χ1) is 8.11. The summed E-state index contributed by atoms with van der Waals surface area (Å²) < 4.78 is 5.18. The summed E-state index contributed by atoms with van der Waals surface area (Å²) in [4.78, 5) is 4.40. The lowest BCUT2D eigenvalue weighted by molar-refractivity contribution is 0.414. The largest absolute Gasteiger partial charge is 0.497 e. The van der Waals surface area contributed by atoms with E-state index < -0.39 is 0 Å². The second-order valence-electron chi connectivity index (χ2n) is 4.13. The van der Waals surface area contributed by atoms with Crippen LogP contribution in [0.25, 0.3) is 11.3 Å². The number of aromatic nitrogens is 1. The Hall–Kier alpha value is -2.03. The standard InChI is InChI=1S/C14H16N2O/c1-9-6-13(15)14(16-8-9)12-5-4-11(17-3)7-10(12)2/h4-8H,15H2,1-3H3. The number of aryl methyl sites for hydroxylation is 2. The molecule has 0 spiro atoms. The number of methoxy groups -OCH3 is 1. The van der Waals surface area contributed by atoms with Gasteiger partial charge in [0.25, 0.3) is 0 Å². The maximum atomic E-state index is 6.00. The molecule has 2 rings (SSSR count). The van der Waals surface area contributed by atoms with Crippen LogP contribution in [0.3, 0.4) is 0 Å². The number of rotatable bonds is 2. The average Bonchev–Trinajstić information content (AvgIpc) is 2.30. The van der Waals surface area contributed by atoms with Gasteiger partial charge in [0.15, 0.2) is 0 Å². The van der Waals surface area contributed by atoms with Crippen molar-refractivity contribution in [3.8, 4) is 17.0 Å². The number of nitrogen functional groups attached to an aromatic ring is 1. The zero-order valence-electron chi connectivity index (χ0n) is 10.3. The van der Waals surface area contributed by atoms with E-state index in [1.54, 1.807) is 7.11 Å². The van der Waals surface area contributed by atoms with E-state index in [1.807, 2.05) is 44.3 Å². The summed E-state index contributed by atoms with van der Waals surface area (Å²) in [6.07, 6.45) is 1.83. The van der Waals surface area contributed by atoms with Crippen LogP contribution in [0.1, 0.15) is 11.1 Å². The van der Waals surface area contributed by atoms with Crippen molar-refractivity contribution < 1.29 is 4.74 Å². The molecular formula is C14H16N2O. The highest BCUT2D eigenvalue weighted by Crippen LogP contribution is 2.29. The fraction of sp³-hybridized carbons (Fsp3) is 0.214. The molecule has 0 radical (unpaired) electrons. The van der Waals surface area contributed by atoms with Crippen molar-refractivity contribution in [2.24, 2.45) is 0 Å². The molecule has 0 unspecified atom stereocenters. The van der Waals surface area contributed by atoms with E-state index in [4.69, 9.17) is 10.5 Å². The van der Waals surface area contributed by atoms with Gasteiger partial charge in [0, 0.05) is 11.8 Å². The predicted octanol–water partition coefficient (Wildman–Crippen LogP) is 2.96. The molecule has 0 atom stereocenters. The molecule has 3 heteroatoms. The Labute approximate surface area is 101 Å². The van der Waals surface area contributed by atoms with Gasteiger partial charge in [-0.2, -0.15) is 0 Å². The van der Waals surface area contributed by atoms with E-state index in [9.17, 15) is 0 Å². The number of pyridine rings is 1. The summed E-state index contributed by atoms with van der Waals surface area (Å²) in [6, 6.07) is 7.83. The second kappa shape index (κ2) is 4.45. The number of ether oxygens (including phenoxy) is 1. The molecule has 1 heterocycles. The molecule has 2 N–H and O–H groups in total. The molecule has 17 heavy (non-hydrogen) atoms. The lowest BCUT2D eigenvalue weighted by Crippen LogP contribution is -1.96. The zero-order valence-corrected chi connectivity index (χ0v) is 10.3. The average molecular weight is 228 g/mol. The van der Waals surface area contributed by atoms with Gasteiger partial charge in [-0.3, -0.25) is 4.98 Å². The summed E-state index contributed by atoms with van der Waals surface area (Å²) in [5, 5.41) is 0. The molecule has 1 aromatic carbocycles. The van der Waals surface area contributed by atoms with Gasteiger partial charge in [-0.25, -0.2) is 0 Å². The monoisotopic (exact) mass is 228 g/mol. The SMILES string of the molecule is COc1ccc(-c2ncc(C)cc2N)c(C)c1. The van der Waals surface area contributed by atoms with Crippen molar-refractivity contribution in [1.82, 2.24) is 4.98 Å². The summed E-state index contributed by atoms with van der Waals surface area (Å²) in [6.45, 7) is 4.01. The Bertz CT molecular complexity index is 550. The van der Waals surface area contributed by atoms with E-state index in [-0.39, 0.29) is 0 Å². The second-order valence-corrected chi connectivity index (χ2v) is 4.13. The lowest BCUT2D eigenvalue weighted by Gasteiger charge is -2.10. The van der Waals surface area contributed by atoms with Crippen molar-refractivity contribution >= 4 is 5.69 Å². The third-order valence-electron chi connectivity index (χ3n) is 2.74. The topological polar surface area (TPSA) is 48.1 Å². The summed E-state index contributed by atoms with van der Waals surface area (Å²) >= 11 is 0. The molecule has 88 valence electrons. The van der Waals surface area contributed by atoms with Gasteiger partial charge in [-0.15, -0.1) is 0 Å². The number of hydrogen-bond acceptors (Lipinski definition) is 3. The molecule has 0 bridgehead atoms. The van der Waals surface area contributed by atoms with Crippen molar-refractivity contribution in [2.45, 2.75) is 13.8 Å². The number of anilines is 1. The zero-order chi connectivity index (χ0) is 12.4. The van der Waals surface area contributed by atoms with Crippen LogP contribution >= 0.6 is 0 Å². The first-order valence-corrected chi connectivity index (χ1v) is 5.49. The van der Waals surface area contributed by atoms with Gasteiger partial charge in [0.05, 0.1) is 18.5 Å². The first-order valence-electron chi connectivity index (χ1n) is 5.49. The lowest BCUT2D eigenvalue weighted by atomic mass is 10.0. The Morgan fingerprint density at radius 3 is 2.53 bits per heavy atom. The Kier molecular flexibility index (Phi) is 3.00. The highest BCUT2D eigenvalue weighted by atomic mass is 16.5. The van der Waals surface area contributed by atoms with E-state index in [0.717, 1.165) is 28.1 Å². The molecule has 0 aliphatic rings. The molecule has 2 aromatic rings. The van der Waals surface area contributed by atoms with Crippen LogP contribution in [0.5, 0.6) is 5.75 Å². The maximum Gasteiger partial charge on any atom is 0.119 e. The predicted molar refractivity (Wildman–Crippen MR) is 70.1 cm³/mol. The first kappa shape index (κ1) is 11.5. The fourth-order valence-electron chi connectivity index (χ4n) is 1.85. The Morgan fingerprint density at radius 2 is 1.94 bits per heavy atom. The van der Waals surface area contributed by atoms with Crippen molar-refractivity contribution in [3.63, 3.8) is 0 Å². The number of benzene rings is 1. The van der Waals surface area contributed by atoms with Crippen LogP contribution in [0.15, 0.2) is 30.5 Å². The Balaban J connectivity index is 2.53. The number of nitrogens with zero attached hydrogens (tertiary/aromatic N) is 1. The molecule has 0 saturated heterocycles. The van der Waals surface area contributed by atoms with Crippen LogP contribution in [0.2, 0.25) is 0 Å². The van der Waals surface area contributed by atoms with E-state index in [1.165, 1.54) is 0 Å². The highest BCUT2D eigenvalue weighted by molar-refractivity contribution is 5.75. The van der Waals surface area contributed by atoms with Gasteiger partial charge in [0.1, 0.15) is 5.75 Å². The molecule has 0 aliphatic carbocycles. The fourth-order valence-corrected chi connectivity index (χ4v) is 1.85. The summed E-state index contributed by atoms with van der Waals surface area (Å²) in [7, 11) is 1.66. The normalized spacial score (nSPS) is 10.3. The van der Waals surface area contributed by atoms with Gasteiger partial charge >= 0.3 is 0 Å². The van der Waals surface area contributed by atoms with Crippen molar-refractivity contribution in [3.05, 3.63) is 41.6 Å². The molecule has 1 aromatic heterocycles. The van der Waals surface area contributed by atoms with Crippen LogP contribution in [-0.4, -0.2) is 12.1 Å². The minimum atomic E-state index is 0.707. The maximum absolute atomic E-state index is 6.00. The molecule has 0 aliphatic heterocycles. The van der Waals surface area contributed by atoms with Crippen LogP contribution in [0, 0.1) is 13.8 Å². The number of nitrogens with two attached hydrogens (primary N) is 1. The van der Waals surface area contributed by atoms with Gasteiger partial charge < -0.3 is 10.5 Å². The Morgan fingerprint density at radius 1 is 1.18 bits per heavy atom. The molecular weight excluding hydrogens is 212 g/mol. The third-order valence-corrected chi connectivity index (χ3v) is 2.74. The van der Waals surface area contributed by atoms with Crippen molar-refractivity contribution in [2.75, 3.05) is 12.8 Å². The molecule has 3 nitrogen and oxygen atoms in total. The minimum absolute atomic E-state index is 0.707. The van der Waals surface area contributed by atoms with Crippen molar-refractivity contribution in [1.29, 1.82) is 0 Å². The van der Waals surface area contributed by atoms with Crippen LogP contribution < -0.4 is 10.5 Å². The molecule has 0 amide bonds. The summed E-state index contributed by atoms with van der Waals surface area (Å²) in [5.41, 5.74) is 10.8. The van der Waals surface area contributed by atoms with E-state index in [0.29, 0.717) is 5.69 Å². The van der Waals surface area contributed by atoms with E-state index in [2.05, 4.69) is 4.98 Å². The number of hydrogen-bond donors (Lipinski definition) is 1. The smallest absolute Gasteiger partial charge is 0.119 e. The van der Waals surface area contributed by atoms with Crippen LogP contribution in [-0.2, 0) is 0 Å². The summed E-state index contributed by atoms with van der Waals surface area (Å²) in [5.74, 6) is 0.844. The molecule has 0 fully saturated rings. The molecule has 0 saturated carbocycles. The van der Waals surface area contributed by atoms with E-state index >= 15 is 0 Å². The van der Waals surface area contributed by atoms with Gasteiger partial charge in [-0.05, 0) is 49.2 Å². The van der Waals surface area contributed by atoms with Crippen LogP contribution in [0.4, 0.5) is 5.69 Å². The van der Waals surface area contributed by atoms with Gasteiger partial charge in [-0.1, -0.05) is 0 Å². The van der Waals surface area contributed by atoms with Gasteiger partial charge in [0.2, 0.25) is 0 Å². The minimum Gasteiger partial charge on any atom is -0.497 e. The quantitative estimate of drug-likeness (QED) is 0.859. The third kappa shape index (κ3) is 2.23. The highest BCUT2D eigenvalue weighted by Gasteiger charge is 2.08.